The molecule has 3 saturated carbocycles. The quantitative estimate of drug-likeness (QED) is 0.369. The zero-order chi connectivity index (χ0) is 12.1. The Morgan fingerprint density at radius 3 is 1.28 bits per heavy atom. The van der Waals surface area contributed by atoms with Gasteiger partial charge in [0.2, 0.25) is 0 Å². The largest absolute Gasteiger partial charge is 1.00 e. The fraction of sp³-hybridized carbons (Fsp3) is 0.600. The number of hydrogen-bond acceptors (Lipinski definition) is 6. The van der Waals surface area contributed by atoms with Crippen LogP contribution in [0, 0.1) is 10.8 Å². The summed E-state index contributed by atoms with van der Waals surface area (Å²) in [5.41, 5.74) is -3.59. The van der Waals surface area contributed by atoms with Crippen molar-refractivity contribution in [3.63, 3.8) is 0 Å². The van der Waals surface area contributed by atoms with Crippen LogP contribution >= 0.6 is 0 Å². The van der Waals surface area contributed by atoms with E-state index in [0.717, 1.165) is 0 Å². The van der Waals surface area contributed by atoms with Gasteiger partial charge in [-0.1, -0.05) is 0 Å². The van der Waals surface area contributed by atoms with Gasteiger partial charge in [0.1, 0.15) is 11.6 Å². The molecule has 3 aliphatic rings. The van der Waals surface area contributed by atoms with Crippen LogP contribution in [0.1, 0.15) is 25.7 Å². The Kier molecular flexibility index (Phi) is 7.11. The van der Waals surface area contributed by atoms with E-state index >= 15 is 0 Å². The molecule has 6 nitrogen and oxygen atoms in total. The van der Waals surface area contributed by atoms with E-state index in [-0.39, 0.29) is 116 Å². The second kappa shape index (κ2) is 6.54. The number of ketones is 2. The summed E-state index contributed by atoms with van der Waals surface area (Å²) in [5, 5.41) is 21.8. The van der Waals surface area contributed by atoms with Crippen molar-refractivity contribution in [3.05, 3.63) is 0 Å². The van der Waals surface area contributed by atoms with Crippen LogP contribution in [0.15, 0.2) is 0 Å². The van der Waals surface area contributed by atoms with Crippen LogP contribution in [0.4, 0.5) is 0 Å². The molecule has 8 heteroatoms. The third kappa shape index (κ3) is 2.66. The summed E-state index contributed by atoms with van der Waals surface area (Å²) in [6, 6.07) is 0. The monoisotopic (exact) mass is 302 g/mol. The molecule has 0 spiro atoms. The maximum Gasteiger partial charge on any atom is 1.00 e. The Hall–Kier alpha value is 1.55. The van der Waals surface area contributed by atoms with E-state index in [1.54, 1.807) is 0 Å². The molecule has 2 bridgehead atoms. The van der Waals surface area contributed by atoms with Crippen LogP contribution in [0.3, 0.4) is 0 Å². The normalized spacial score (nSPS) is 33.3. The third-order valence-corrected chi connectivity index (χ3v) is 3.75. The predicted molar refractivity (Wildman–Crippen MR) is 43.4 cm³/mol. The number of Topliss-reactive ketones (excluding diaryl/α,β-unsaturated/α-hetero) is 2. The van der Waals surface area contributed by atoms with E-state index in [9.17, 15) is 29.4 Å². The summed E-state index contributed by atoms with van der Waals surface area (Å²) in [5.74, 6) is -4.64. The fourth-order valence-electron chi connectivity index (χ4n) is 2.54. The maximum atomic E-state index is 11.6. The number of aliphatic carboxylic acids is 2. The number of carbonyl (C=O) groups is 4. The number of rotatable bonds is 2. The Labute approximate surface area is 188 Å². The average molecular weight is 302 g/mol. The van der Waals surface area contributed by atoms with Crippen molar-refractivity contribution in [2.75, 3.05) is 0 Å². The van der Waals surface area contributed by atoms with E-state index in [2.05, 4.69) is 0 Å². The van der Waals surface area contributed by atoms with Gasteiger partial charge in [0.25, 0.3) is 0 Å². The maximum absolute atomic E-state index is 11.6. The summed E-state index contributed by atoms with van der Waals surface area (Å²) in [6.07, 6.45) is -1.48. The van der Waals surface area contributed by atoms with E-state index in [0.29, 0.717) is 0 Å². The zero-order valence-electron chi connectivity index (χ0n) is 10.3. The van der Waals surface area contributed by atoms with Crippen molar-refractivity contribution in [1.82, 2.24) is 0 Å². The molecule has 86 valence electrons. The van der Waals surface area contributed by atoms with Gasteiger partial charge in [0, 0.05) is 12.8 Å². The topological polar surface area (TPSA) is 114 Å². The van der Waals surface area contributed by atoms with Gasteiger partial charge < -0.3 is 19.8 Å². The second-order valence-electron chi connectivity index (χ2n) is 4.44. The number of carboxylic acid groups (broad SMARTS) is 2. The van der Waals surface area contributed by atoms with Crippen LogP contribution in [0.2, 0.25) is 0 Å². The standard InChI is InChI=1S/C10H10O6.2K/c11-5-4-10(8(15)16)2-1-9(5,7(13)14)3-6(10)12;;/h1-4H2,(H,13,14)(H,15,16);;/q;2*+1/p-2/t9-,10-;;/m0../s1. The molecule has 3 fully saturated rings. The van der Waals surface area contributed by atoms with Gasteiger partial charge in [0.15, 0.2) is 0 Å². The van der Waals surface area contributed by atoms with Gasteiger partial charge in [0.05, 0.1) is 22.8 Å². The summed E-state index contributed by atoms with van der Waals surface area (Å²) in [4.78, 5) is 45.1. The molecule has 0 radical (unpaired) electrons. The van der Waals surface area contributed by atoms with Gasteiger partial charge in [-0.15, -0.1) is 0 Å². The minimum absolute atomic E-state index is 0. The fourth-order valence-corrected chi connectivity index (χ4v) is 2.54. The first-order valence-corrected chi connectivity index (χ1v) is 4.85. The van der Waals surface area contributed by atoms with E-state index in [4.69, 9.17) is 0 Å². The summed E-state index contributed by atoms with van der Waals surface area (Å²) in [6.45, 7) is 0. The minimum Gasteiger partial charge on any atom is -0.549 e. The molecule has 18 heavy (non-hydrogen) atoms. The molecule has 0 saturated heterocycles. The number of carbonyl (C=O) groups excluding carboxylic acids is 4. The average Bonchev–Trinajstić information content (AvgIpc) is 2.19. The first-order chi connectivity index (χ1) is 7.35. The Morgan fingerprint density at radius 2 is 1.11 bits per heavy atom. The van der Waals surface area contributed by atoms with Gasteiger partial charge in [-0.05, 0) is 12.8 Å². The summed E-state index contributed by atoms with van der Waals surface area (Å²) in [7, 11) is 0. The number of carboxylic acids is 2. The molecule has 0 N–H and O–H groups in total. The summed E-state index contributed by atoms with van der Waals surface area (Å²) >= 11 is 0. The summed E-state index contributed by atoms with van der Waals surface area (Å²) < 4.78 is 0. The van der Waals surface area contributed by atoms with Crippen LogP contribution in [0.25, 0.3) is 0 Å². The van der Waals surface area contributed by atoms with Gasteiger partial charge in [-0.3, -0.25) is 9.59 Å². The molecule has 0 aromatic rings. The molecular formula is C10H8K2O6. The number of fused-ring (bicyclic) bond motifs is 3. The van der Waals surface area contributed by atoms with Crippen molar-refractivity contribution < 1.29 is 132 Å². The van der Waals surface area contributed by atoms with Crippen molar-refractivity contribution >= 4 is 23.5 Å². The molecule has 0 aromatic heterocycles. The Balaban J connectivity index is 0.00000144. The molecular weight excluding hydrogens is 294 g/mol. The molecule has 0 heterocycles. The van der Waals surface area contributed by atoms with Crippen LogP contribution < -0.4 is 113 Å². The van der Waals surface area contributed by atoms with Gasteiger partial charge in [-0.25, -0.2) is 0 Å². The second-order valence-corrected chi connectivity index (χ2v) is 4.44. The van der Waals surface area contributed by atoms with Crippen molar-refractivity contribution in [1.29, 1.82) is 0 Å². The van der Waals surface area contributed by atoms with Crippen LogP contribution in [-0.4, -0.2) is 23.5 Å². The van der Waals surface area contributed by atoms with Crippen LogP contribution in [-0.2, 0) is 19.2 Å². The van der Waals surface area contributed by atoms with Crippen molar-refractivity contribution in [2.24, 2.45) is 10.8 Å². The van der Waals surface area contributed by atoms with Gasteiger partial charge in [-0.2, -0.15) is 0 Å². The van der Waals surface area contributed by atoms with Crippen molar-refractivity contribution in [3.8, 4) is 0 Å². The zero-order valence-corrected chi connectivity index (χ0v) is 16.5. The Bertz CT molecular complexity index is 394. The molecule has 0 amide bonds. The first kappa shape index (κ1) is 19.6. The number of hydrogen-bond donors (Lipinski definition) is 0. The van der Waals surface area contributed by atoms with Crippen molar-refractivity contribution in [2.45, 2.75) is 25.7 Å². The smallest absolute Gasteiger partial charge is 0.549 e. The van der Waals surface area contributed by atoms with E-state index < -0.39 is 47.2 Å². The van der Waals surface area contributed by atoms with E-state index in [1.807, 2.05) is 0 Å². The minimum atomic E-state index is -1.80. The molecule has 3 rings (SSSR count). The molecule has 0 aliphatic heterocycles. The van der Waals surface area contributed by atoms with E-state index in [1.165, 1.54) is 0 Å². The third-order valence-electron chi connectivity index (χ3n) is 3.75. The Morgan fingerprint density at radius 1 is 0.833 bits per heavy atom. The molecule has 2 atom stereocenters. The predicted octanol–water partition coefficient (Wildman–Crippen LogP) is -8.81. The molecule has 0 unspecified atom stereocenters. The SMILES string of the molecule is O=C([O-])[C@]12CC[C@](C(=O)[O-])(CC1=O)C(=O)C2.[K+].[K+]. The van der Waals surface area contributed by atoms with Gasteiger partial charge >= 0.3 is 103 Å². The first-order valence-electron chi connectivity index (χ1n) is 4.85. The van der Waals surface area contributed by atoms with Crippen LogP contribution in [0.5, 0.6) is 0 Å². The molecule has 0 aromatic carbocycles. The molecule has 3 aliphatic carbocycles.